The van der Waals surface area contributed by atoms with Crippen LogP contribution in [0.25, 0.3) is 10.8 Å². The SMILES string of the molecule is Cc1ncsc1-c1nc(CSCC(C)CO)no1. The van der Waals surface area contributed by atoms with Crippen LogP contribution in [0.2, 0.25) is 0 Å². The van der Waals surface area contributed by atoms with Crippen LogP contribution >= 0.6 is 23.1 Å². The molecule has 2 heterocycles. The molecule has 0 aromatic carbocycles. The third kappa shape index (κ3) is 3.30. The number of aliphatic hydroxyl groups excluding tert-OH is 1. The van der Waals surface area contributed by atoms with Gasteiger partial charge in [-0.05, 0) is 18.6 Å². The highest BCUT2D eigenvalue weighted by Crippen LogP contribution is 2.26. The highest BCUT2D eigenvalue weighted by molar-refractivity contribution is 7.98. The van der Waals surface area contributed by atoms with Crippen molar-refractivity contribution < 1.29 is 9.63 Å². The number of rotatable bonds is 6. The summed E-state index contributed by atoms with van der Waals surface area (Å²) >= 11 is 3.20. The van der Waals surface area contributed by atoms with Gasteiger partial charge in [-0.1, -0.05) is 12.1 Å². The number of hydrogen-bond acceptors (Lipinski definition) is 7. The van der Waals surface area contributed by atoms with Gasteiger partial charge in [0.25, 0.3) is 5.89 Å². The summed E-state index contributed by atoms with van der Waals surface area (Å²) in [6.45, 7) is 4.15. The molecule has 0 saturated heterocycles. The zero-order valence-electron chi connectivity index (χ0n) is 10.3. The number of nitrogens with zero attached hydrogens (tertiary/aromatic N) is 3. The molecule has 18 heavy (non-hydrogen) atoms. The van der Waals surface area contributed by atoms with Crippen LogP contribution < -0.4 is 0 Å². The summed E-state index contributed by atoms with van der Waals surface area (Å²) in [4.78, 5) is 9.43. The number of aliphatic hydroxyl groups is 1. The van der Waals surface area contributed by atoms with Crippen LogP contribution in [-0.2, 0) is 5.75 Å². The second-order valence-corrected chi connectivity index (χ2v) is 5.97. The maximum absolute atomic E-state index is 8.92. The molecule has 2 aromatic heterocycles. The third-order valence-electron chi connectivity index (χ3n) is 2.35. The Morgan fingerprint density at radius 2 is 2.39 bits per heavy atom. The lowest BCUT2D eigenvalue weighted by Gasteiger charge is -2.04. The average Bonchev–Trinajstić information content (AvgIpc) is 2.97. The van der Waals surface area contributed by atoms with Crippen LogP contribution in [0.1, 0.15) is 18.4 Å². The molecule has 1 unspecified atom stereocenters. The topological polar surface area (TPSA) is 72.0 Å². The van der Waals surface area contributed by atoms with Crippen LogP contribution in [0.3, 0.4) is 0 Å². The van der Waals surface area contributed by atoms with Crippen molar-refractivity contribution in [1.82, 2.24) is 15.1 Å². The van der Waals surface area contributed by atoms with E-state index in [2.05, 4.69) is 15.1 Å². The number of hydrogen-bond donors (Lipinski definition) is 1. The predicted octanol–water partition coefficient (Wildman–Crippen LogP) is 2.36. The van der Waals surface area contributed by atoms with Crippen LogP contribution in [-0.4, -0.2) is 32.6 Å². The Labute approximate surface area is 114 Å². The fraction of sp³-hybridized carbons (Fsp3) is 0.545. The Morgan fingerprint density at radius 1 is 1.56 bits per heavy atom. The number of thioether (sulfide) groups is 1. The first kappa shape index (κ1) is 13.5. The van der Waals surface area contributed by atoms with Gasteiger partial charge in [0, 0.05) is 6.61 Å². The average molecular weight is 285 g/mol. The lowest BCUT2D eigenvalue weighted by molar-refractivity contribution is 0.250. The minimum absolute atomic E-state index is 0.213. The first-order chi connectivity index (χ1) is 8.70. The molecule has 0 fully saturated rings. The Kier molecular flexibility index (Phi) is 4.73. The second kappa shape index (κ2) is 6.31. The van der Waals surface area contributed by atoms with Gasteiger partial charge in [0.15, 0.2) is 5.82 Å². The monoisotopic (exact) mass is 285 g/mol. The minimum atomic E-state index is 0.213. The molecular weight excluding hydrogens is 270 g/mol. The molecule has 0 bridgehead atoms. The van der Waals surface area contributed by atoms with Crippen molar-refractivity contribution in [1.29, 1.82) is 0 Å². The molecule has 5 nitrogen and oxygen atoms in total. The first-order valence-corrected chi connectivity index (χ1v) is 7.65. The molecule has 0 aliphatic rings. The summed E-state index contributed by atoms with van der Waals surface area (Å²) in [5.41, 5.74) is 2.68. The fourth-order valence-electron chi connectivity index (χ4n) is 1.32. The zero-order chi connectivity index (χ0) is 13.0. The maximum Gasteiger partial charge on any atom is 0.269 e. The van der Waals surface area contributed by atoms with E-state index in [1.165, 1.54) is 11.3 Å². The Balaban J connectivity index is 1.93. The van der Waals surface area contributed by atoms with Crippen molar-refractivity contribution in [3.8, 4) is 10.8 Å². The molecule has 0 saturated carbocycles. The third-order valence-corrected chi connectivity index (χ3v) is 4.54. The number of aromatic nitrogens is 3. The normalized spacial score (nSPS) is 12.8. The van der Waals surface area contributed by atoms with Crippen LogP contribution in [0.5, 0.6) is 0 Å². The van der Waals surface area contributed by atoms with E-state index in [0.717, 1.165) is 16.3 Å². The van der Waals surface area contributed by atoms with Crippen molar-refractivity contribution in [3.63, 3.8) is 0 Å². The number of thiazole rings is 1. The van der Waals surface area contributed by atoms with Gasteiger partial charge < -0.3 is 9.63 Å². The maximum atomic E-state index is 8.92. The standard InChI is InChI=1S/C11H15N3O2S2/c1-7(3-15)4-17-5-9-13-11(16-14-9)10-8(2)12-6-18-10/h6-7,15H,3-5H2,1-2H3. The van der Waals surface area contributed by atoms with Gasteiger partial charge in [0.05, 0.1) is 17.0 Å². The van der Waals surface area contributed by atoms with Crippen LogP contribution in [0, 0.1) is 12.8 Å². The molecule has 2 aromatic rings. The Hall–Kier alpha value is -0.920. The fourth-order valence-corrected chi connectivity index (χ4v) is 2.96. The highest BCUT2D eigenvalue weighted by atomic mass is 32.2. The van der Waals surface area contributed by atoms with Gasteiger partial charge in [0.1, 0.15) is 4.88 Å². The molecule has 0 amide bonds. The van der Waals surface area contributed by atoms with E-state index in [4.69, 9.17) is 9.63 Å². The van der Waals surface area contributed by atoms with E-state index in [9.17, 15) is 0 Å². The van der Waals surface area contributed by atoms with Crippen molar-refractivity contribution in [2.24, 2.45) is 5.92 Å². The molecule has 1 atom stereocenters. The van der Waals surface area contributed by atoms with Crippen molar-refractivity contribution >= 4 is 23.1 Å². The summed E-state index contributed by atoms with van der Waals surface area (Å²) in [5.74, 6) is 3.12. The predicted molar refractivity (Wildman–Crippen MR) is 72.6 cm³/mol. The molecule has 2 rings (SSSR count). The zero-order valence-corrected chi connectivity index (χ0v) is 11.9. The summed E-state index contributed by atoms with van der Waals surface area (Å²) in [6.07, 6.45) is 0. The van der Waals surface area contributed by atoms with Crippen molar-refractivity contribution in [2.45, 2.75) is 19.6 Å². The largest absolute Gasteiger partial charge is 0.396 e. The minimum Gasteiger partial charge on any atom is -0.396 e. The van der Waals surface area contributed by atoms with Gasteiger partial charge >= 0.3 is 0 Å². The summed E-state index contributed by atoms with van der Waals surface area (Å²) in [7, 11) is 0. The van der Waals surface area contributed by atoms with Gasteiger partial charge in [-0.3, -0.25) is 0 Å². The van der Waals surface area contributed by atoms with Crippen molar-refractivity contribution in [2.75, 3.05) is 12.4 Å². The smallest absolute Gasteiger partial charge is 0.269 e. The van der Waals surface area contributed by atoms with E-state index < -0.39 is 0 Å². The van der Waals surface area contributed by atoms with Gasteiger partial charge in [0.2, 0.25) is 0 Å². The Morgan fingerprint density at radius 3 is 3.06 bits per heavy atom. The molecule has 0 aliphatic heterocycles. The van der Waals surface area contributed by atoms with E-state index in [1.807, 2.05) is 13.8 Å². The lowest BCUT2D eigenvalue weighted by atomic mass is 10.2. The van der Waals surface area contributed by atoms with Crippen LogP contribution in [0.4, 0.5) is 0 Å². The molecule has 0 aliphatic carbocycles. The summed E-state index contributed by atoms with van der Waals surface area (Å²) < 4.78 is 5.22. The first-order valence-electron chi connectivity index (χ1n) is 5.62. The number of aryl methyl sites for hydroxylation is 1. The van der Waals surface area contributed by atoms with Gasteiger partial charge in [-0.2, -0.15) is 16.7 Å². The van der Waals surface area contributed by atoms with E-state index in [1.54, 1.807) is 17.3 Å². The summed E-state index contributed by atoms with van der Waals surface area (Å²) in [6, 6.07) is 0. The molecule has 1 N–H and O–H groups in total. The molecule has 0 spiro atoms. The van der Waals surface area contributed by atoms with E-state index in [0.29, 0.717) is 23.4 Å². The highest BCUT2D eigenvalue weighted by Gasteiger charge is 2.13. The molecular formula is C11H15N3O2S2. The molecule has 98 valence electrons. The van der Waals surface area contributed by atoms with Crippen molar-refractivity contribution in [3.05, 3.63) is 17.0 Å². The van der Waals surface area contributed by atoms with Crippen LogP contribution in [0.15, 0.2) is 10.0 Å². The second-order valence-electron chi connectivity index (χ2n) is 4.09. The quantitative estimate of drug-likeness (QED) is 0.878. The van der Waals surface area contributed by atoms with Gasteiger partial charge in [-0.25, -0.2) is 4.98 Å². The summed E-state index contributed by atoms with van der Waals surface area (Å²) in [5, 5.41) is 12.9. The lowest BCUT2D eigenvalue weighted by Crippen LogP contribution is -2.03. The Bertz CT molecular complexity index is 498. The molecule has 0 radical (unpaired) electrons. The van der Waals surface area contributed by atoms with Gasteiger partial charge in [-0.15, -0.1) is 11.3 Å². The van der Waals surface area contributed by atoms with E-state index in [-0.39, 0.29) is 6.61 Å². The molecule has 7 heteroatoms. The van der Waals surface area contributed by atoms with E-state index >= 15 is 0 Å².